The highest BCUT2D eigenvalue weighted by Crippen LogP contribution is 2.38. The van der Waals surface area contributed by atoms with E-state index in [1.54, 1.807) is 26.2 Å². The molecule has 9 nitrogen and oxygen atoms in total. The van der Waals surface area contributed by atoms with Crippen LogP contribution in [0.3, 0.4) is 0 Å². The largest absolute Gasteiger partial charge is 0.454 e. The highest BCUT2D eigenvalue weighted by molar-refractivity contribution is 6.36. The summed E-state index contributed by atoms with van der Waals surface area (Å²) in [6.07, 6.45) is 4.06. The SMILES string of the molecule is CC(OC(=O)c1c2c(nc3ccccc13)/C(=C\c1ccc3c(c1)OCO3)CCC2)C(=O)Nc1ccc(Cl)cc1Cl.CN(C)C=O. The smallest absolute Gasteiger partial charge is 0.339 e. The van der Waals surface area contributed by atoms with Crippen LogP contribution >= 0.6 is 23.2 Å². The molecule has 2 aliphatic rings. The maximum absolute atomic E-state index is 13.7. The third kappa shape index (κ3) is 7.38. The molecule has 1 N–H and O–H groups in total. The van der Waals surface area contributed by atoms with E-state index < -0.39 is 18.0 Å². The zero-order chi connectivity index (χ0) is 32.1. The van der Waals surface area contributed by atoms with Gasteiger partial charge in [0.2, 0.25) is 13.2 Å². The number of fused-ring (bicyclic) bond motifs is 3. The fourth-order valence-electron chi connectivity index (χ4n) is 5.01. The summed E-state index contributed by atoms with van der Waals surface area (Å²) in [6.45, 7) is 1.73. The minimum Gasteiger partial charge on any atom is -0.454 e. The lowest BCUT2D eigenvalue weighted by molar-refractivity contribution is -0.123. The summed E-state index contributed by atoms with van der Waals surface area (Å²) in [5.41, 5.74) is 5.04. The molecular weight excluding hydrogens is 617 g/mol. The Morgan fingerprint density at radius 3 is 2.53 bits per heavy atom. The molecule has 6 rings (SSSR count). The number of amides is 2. The number of carbonyl (C=O) groups excluding carboxylic acids is 3. The van der Waals surface area contributed by atoms with Crippen LogP contribution in [0.5, 0.6) is 11.5 Å². The monoisotopic (exact) mass is 647 g/mol. The Labute approximate surface area is 270 Å². The number of rotatable bonds is 6. The number of ether oxygens (including phenoxy) is 3. The third-order valence-electron chi connectivity index (χ3n) is 7.16. The van der Waals surface area contributed by atoms with Gasteiger partial charge in [-0.2, -0.15) is 0 Å². The van der Waals surface area contributed by atoms with Crippen LogP contribution in [0.2, 0.25) is 10.0 Å². The summed E-state index contributed by atoms with van der Waals surface area (Å²) in [4.78, 5) is 42.4. The molecular formula is C34H31Cl2N3O6. The van der Waals surface area contributed by atoms with Gasteiger partial charge >= 0.3 is 5.97 Å². The van der Waals surface area contributed by atoms with Crippen molar-refractivity contribution in [2.24, 2.45) is 0 Å². The number of hydrogen-bond donors (Lipinski definition) is 1. The molecule has 0 spiro atoms. The van der Waals surface area contributed by atoms with Crippen LogP contribution in [0.1, 0.15) is 46.9 Å². The topological polar surface area (TPSA) is 107 Å². The third-order valence-corrected chi connectivity index (χ3v) is 7.71. The van der Waals surface area contributed by atoms with E-state index >= 15 is 0 Å². The van der Waals surface area contributed by atoms with Gasteiger partial charge in [-0.1, -0.05) is 47.5 Å². The first-order chi connectivity index (χ1) is 21.6. The zero-order valence-corrected chi connectivity index (χ0v) is 26.4. The molecule has 1 unspecified atom stereocenters. The molecule has 0 bridgehead atoms. The van der Waals surface area contributed by atoms with E-state index in [0.717, 1.165) is 47.4 Å². The number of nitrogens with zero attached hydrogens (tertiary/aromatic N) is 2. The van der Waals surface area contributed by atoms with Gasteiger partial charge in [0.1, 0.15) is 0 Å². The number of aromatic nitrogens is 1. The Hall–Kier alpha value is -4.60. The van der Waals surface area contributed by atoms with Gasteiger partial charge in [-0.15, -0.1) is 0 Å². The predicted octanol–water partition coefficient (Wildman–Crippen LogP) is 7.04. The molecule has 0 radical (unpaired) electrons. The maximum Gasteiger partial charge on any atom is 0.339 e. The normalized spacial score (nSPS) is 14.6. The second kappa shape index (κ2) is 14.0. The average molecular weight is 649 g/mol. The molecule has 0 fully saturated rings. The van der Waals surface area contributed by atoms with Gasteiger partial charge in [0.25, 0.3) is 5.91 Å². The van der Waals surface area contributed by atoms with Gasteiger partial charge in [-0.05, 0) is 85.4 Å². The zero-order valence-electron chi connectivity index (χ0n) is 24.9. The van der Waals surface area contributed by atoms with Crippen molar-refractivity contribution in [1.29, 1.82) is 0 Å². The van der Waals surface area contributed by atoms with Crippen molar-refractivity contribution >= 4 is 69.7 Å². The Balaban J connectivity index is 0.000000743. The lowest BCUT2D eigenvalue weighted by Gasteiger charge is -2.23. The summed E-state index contributed by atoms with van der Waals surface area (Å²) in [5.74, 6) is 0.335. The molecule has 2 heterocycles. The van der Waals surface area contributed by atoms with E-state index in [2.05, 4.69) is 11.4 Å². The van der Waals surface area contributed by atoms with Crippen LogP contribution in [0.25, 0.3) is 22.6 Å². The molecule has 1 aromatic heterocycles. The highest BCUT2D eigenvalue weighted by Gasteiger charge is 2.28. The van der Waals surface area contributed by atoms with E-state index in [0.29, 0.717) is 39.3 Å². The van der Waals surface area contributed by atoms with E-state index in [-0.39, 0.29) is 11.8 Å². The average Bonchev–Trinajstić information content (AvgIpc) is 3.49. The molecule has 0 saturated carbocycles. The Bertz CT molecular complexity index is 1810. The second-order valence-corrected chi connectivity index (χ2v) is 11.5. The molecule has 11 heteroatoms. The van der Waals surface area contributed by atoms with Crippen LogP contribution in [-0.4, -0.2) is 55.2 Å². The molecule has 0 saturated heterocycles. The van der Waals surface area contributed by atoms with E-state index in [4.69, 9.17) is 42.4 Å². The number of allylic oxidation sites excluding steroid dienone is 1. The number of halogens is 2. The number of pyridine rings is 1. The van der Waals surface area contributed by atoms with Crippen molar-refractivity contribution in [3.8, 4) is 11.5 Å². The Morgan fingerprint density at radius 1 is 1.02 bits per heavy atom. The first-order valence-corrected chi connectivity index (χ1v) is 15.0. The molecule has 1 aliphatic carbocycles. The standard InChI is InChI=1S/C31H24Cl2N2O5.C3H7NO/c1-17(30(36)35-25-11-10-20(32)15-23(25)33)40-31(37)28-21-6-2-3-8-24(21)34-29-19(5-4-7-22(28)29)13-18-9-12-26-27(14-18)39-16-38-26;1-4(2)3-5/h2-3,6,8-15,17H,4-5,7,16H2,1H3,(H,35,36);3H,1-2H3/b19-13-;. The quantitative estimate of drug-likeness (QED) is 0.177. The number of carbonyl (C=O) groups is 3. The van der Waals surface area contributed by atoms with Gasteiger partial charge in [-0.25, -0.2) is 9.78 Å². The fourth-order valence-corrected chi connectivity index (χ4v) is 5.47. The number of para-hydroxylation sites is 1. The minimum absolute atomic E-state index is 0.209. The summed E-state index contributed by atoms with van der Waals surface area (Å²) in [6, 6.07) is 18.0. The lowest BCUT2D eigenvalue weighted by atomic mass is 9.86. The first-order valence-electron chi connectivity index (χ1n) is 14.3. The van der Waals surface area contributed by atoms with Crippen molar-refractivity contribution in [2.45, 2.75) is 32.3 Å². The van der Waals surface area contributed by atoms with Gasteiger partial charge in [-0.3, -0.25) is 9.59 Å². The first kappa shape index (κ1) is 31.8. The molecule has 4 aromatic rings. The van der Waals surface area contributed by atoms with Crippen molar-refractivity contribution < 1.29 is 28.6 Å². The number of esters is 1. The van der Waals surface area contributed by atoms with E-state index in [1.165, 1.54) is 17.9 Å². The predicted molar refractivity (Wildman–Crippen MR) is 175 cm³/mol. The van der Waals surface area contributed by atoms with Gasteiger partial charge in [0, 0.05) is 24.5 Å². The van der Waals surface area contributed by atoms with E-state index in [1.807, 2.05) is 42.5 Å². The summed E-state index contributed by atoms with van der Waals surface area (Å²) < 4.78 is 16.7. The van der Waals surface area contributed by atoms with Gasteiger partial charge in [0.05, 0.1) is 27.5 Å². The van der Waals surface area contributed by atoms with Crippen LogP contribution in [-0.2, 0) is 20.7 Å². The molecule has 45 heavy (non-hydrogen) atoms. The number of nitrogens with one attached hydrogen (secondary N) is 1. The lowest BCUT2D eigenvalue weighted by Crippen LogP contribution is -2.30. The van der Waals surface area contributed by atoms with E-state index in [9.17, 15) is 14.4 Å². The Morgan fingerprint density at radius 2 is 1.78 bits per heavy atom. The van der Waals surface area contributed by atoms with Crippen molar-refractivity contribution in [1.82, 2.24) is 9.88 Å². The highest BCUT2D eigenvalue weighted by atomic mass is 35.5. The van der Waals surface area contributed by atoms with Crippen LogP contribution in [0.15, 0.2) is 60.7 Å². The van der Waals surface area contributed by atoms with Crippen LogP contribution in [0.4, 0.5) is 5.69 Å². The van der Waals surface area contributed by atoms with Crippen molar-refractivity contribution in [3.05, 3.63) is 93.1 Å². The van der Waals surface area contributed by atoms with Crippen LogP contribution < -0.4 is 14.8 Å². The number of benzene rings is 3. The number of anilines is 1. The molecule has 2 amide bonds. The molecule has 1 aliphatic heterocycles. The molecule has 232 valence electrons. The van der Waals surface area contributed by atoms with Crippen molar-refractivity contribution in [2.75, 3.05) is 26.2 Å². The summed E-state index contributed by atoms with van der Waals surface area (Å²) in [5, 5.41) is 4.12. The van der Waals surface area contributed by atoms with Crippen molar-refractivity contribution in [3.63, 3.8) is 0 Å². The number of hydrogen-bond acceptors (Lipinski definition) is 7. The second-order valence-electron chi connectivity index (χ2n) is 10.7. The molecule has 1 atom stereocenters. The minimum atomic E-state index is -1.07. The summed E-state index contributed by atoms with van der Waals surface area (Å²) in [7, 11) is 3.38. The fraction of sp³-hybridized carbons (Fsp3) is 0.235. The molecule has 3 aromatic carbocycles. The maximum atomic E-state index is 13.7. The van der Waals surface area contributed by atoms with Gasteiger partial charge < -0.3 is 24.4 Å². The van der Waals surface area contributed by atoms with Crippen LogP contribution in [0, 0.1) is 0 Å². The Kier molecular flexibility index (Phi) is 9.90. The van der Waals surface area contributed by atoms with Gasteiger partial charge in [0.15, 0.2) is 17.6 Å². The summed E-state index contributed by atoms with van der Waals surface area (Å²) >= 11 is 12.1.